The van der Waals surface area contributed by atoms with Gasteiger partial charge in [0.1, 0.15) is 0 Å². The molecule has 1 aromatic heterocycles. The normalized spacial score (nSPS) is 24.1. The van der Waals surface area contributed by atoms with Crippen LogP contribution < -0.4 is 5.32 Å². The zero-order chi connectivity index (χ0) is 13.0. The molecule has 4 nitrogen and oxygen atoms in total. The van der Waals surface area contributed by atoms with Gasteiger partial charge in [0.05, 0.1) is 13.0 Å². The summed E-state index contributed by atoms with van der Waals surface area (Å²) in [7, 11) is 0. The maximum absolute atomic E-state index is 10.6. The van der Waals surface area contributed by atoms with Crippen LogP contribution in [-0.4, -0.2) is 29.8 Å². The number of ether oxygens (including phenoxy) is 1. The number of carboxylic acids is 1. The van der Waals surface area contributed by atoms with Crippen molar-refractivity contribution in [3.8, 4) is 0 Å². The fourth-order valence-electron chi connectivity index (χ4n) is 2.14. The summed E-state index contributed by atoms with van der Waals surface area (Å²) in [5.41, 5.74) is 0.0508. The van der Waals surface area contributed by atoms with Crippen LogP contribution in [-0.2, 0) is 22.5 Å². The summed E-state index contributed by atoms with van der Waals surface area (Å²) in [6.07, 6.45) is 2.34. The lowest BCUT2D eigenvalue weighted by atomic mass is 9.95. The third-order valence-electron chi connectivity index (χ3n) is 3.17. The minimum Gasteiger partial charge on any atom is -0.481 e. The summed E-state index contributed by atoms with van der Waals surface area (Å²) < 4.78 is 5.49. The van der Waals surface area contributed by atoms with Gasteiger partial charge in [-0.05, 0) is 31.9 Å². The Hall–Kier alpha value is -0.910. The van der Waals surface area contributed by atoms with Crippen LogP contribution in [0.2, 0.25) is 0 Å². The van der Waals surface area contributed by atoms with Gasteiger partial charge in [0.25, 0.3) is 0 Å². The van der Waals surface area contributed by atoms with Crippen LogP contribution in [0.15, 0.2) is 12.1 Å². The molecule has 1 atom stereocenters. The maximum Gasteiger partial charge on any atom is 0.308 e. The molecule has 1 aliphatic rings. The van der Waals surface area contributed by atoms with Gasteiger partial charge in [-0.25, -0.2) is 0 Å². The minimum absolute atomic E-state index is 0.0508. The first-order valence-electron chi connectivity index (χ1n) is 6.20. The lowest BCUT2D eigenvalue weighted by Crippen LogP contribution is -2.48. The Morgan fingerprint density at radius 1 is 1.56 bits per heavy atom. The van der Waals surface area contributed by atoms with Gasteiger partial charge in [-0.2, -0.15) is 0 Å². The Bertz CT molecular complexity index is 410. The summed E-state index contributed by atoms with van der Waals surface area (Å²) in [6.45, 7) is 4.57. The molecule has 2 rings (SSSR count). The van der Waals surface area contributed by atoms with Crippen LogP contribution >= 0.6 is 11.3 Å². The van der Waals surface area contributed by atoms with Crippen molar-refractivity contribution in [2.24, 2.45) is 0 Å². The van der Waals surface area contributed by atoms with Crippen molar-refractivity contribution in [1.82, 2.24) is 5.32 Å². The molecule has 0 saturated carbocycles. The highest BCUT2D eigenvalue weighted by Crippen LogP contribution is 2.21. The standard InChI is InChI=1S/C13H19NO3S/c1-13(5-2-6-17-9-13)14-8-11-4-3-10(18-11)7-12(15)16/h3-4,14H,2,5-9H2,1H3,(H,15,16). The average Bonchev–Trinajstić information content (AvgIpc) is 2.74. The second-order valence-electron chi connectivity index (χ2n) is 5.01. The summed E-state index contributed by atoms with van der Waals surface area (Å²) >= 11 is 1.56. The SMILES string of the molecule is CC1(NCc2ccc(CC(=O)O)s2)CCCOC1. The van der Waals surface area contributed by atoms with Gasteiger partial charge < -0.3 is 15.2 Å². The lowest BCUT2D eigenvalue weighted by Gasteiger charge is -2.34. The molecule has 0 bridgehead atoms. The maximum atomic E-state index is 10.6. The Morgan fingerprint density at radius 2 is 2.33 bits per heavy atom. The highest BCUT2D eigenvalue weighted by Gasteiger charge is 2.26. The Labute approximate surface area is 111 Å². The van der Waals surface area contributed by atoms with Gasteiger partial charge in [-0.1, -0.05) is 0 Å². The van der Waals surface area contributed by atoms with E-state index >= 15 is 0 Å². The molecule has 0 aromatic carbocycles. The summed E-state index contributed by atoms with van der Waals surface area (Å²) in [4.78, 5) is 12.7. The van der Waals surface area contributed by atoms with Crippen molar-refractivity contribution >= 4 is 17.3 Å². The molecule has 100 valence electrons. The van der Waals surface area contributed by atoms with Crippen molar-refractivity contribution in [1.29, 1.82) is 0 Å². The summed E-state index contributed by atoms with van der Waals surface area (Å²) in [5, 5.41) is 12.2. The Morgan fingerprint density at radius 3 is 3.00 bits per heavy atom. The topological polar surface area (TPSA) is 58.6 Å². The molecule has 0 radical (unpaired) electrons. The molecule has 1 aliphatic heterocycles. The first kappa shape index (κ1) is 13.5. The third kappa shape index (κ3) is 3.80. The van der Waals surface area contributed by atoms with Crippen LogP contribution in [0.5, 0.6) is 0 Å². The summed E-state index contributed by atoms with van der Waals surface area (Å²) in [6, 6.07) is 3.90. The molecule has 2 N–H and O–H groups in total. The number of aliphatic carboxylic acids is 1. The predicted octanol–water partition coefficient (Wildman–Crippen LogP) is 2.03. The Kier molecular flexibility index (Phi) is 4.37. The van der Waals surface area contributed by atoms with Crippen molar-refractivity contribution in [2.45, 2.75) is 38.3 Å². The van der Waals surface area contributed by atoms with E-state index in [2.05, 4.69) is 12.2 Å². The second-order valence-corrected chi connectivity index (χ2v) is 6.26. The Balaban J connectivity index is 1.85. The van der Waals surface area contributed by atoms with Crippen LogP contribution in [0.1, 0.15) is 29.5 Å². The van der Waals surface area contributed by atoms with Crippen LogP contribution in [0.3, 0.4) is 0 Å². The van der Waals surface area contributed by atoms with E-state index < -0.39 is 5.97 Å². The van der Waals surface area contributed by atoms with Crippen LogP contribution in [0, 0.1) is 0 Å². The molecule has 1 aromatic rings. The van der Waals surface area contributed by atoms with E-state index in [1.807, 2.05) is 12.1 Å². The highest BCUT2D eigenvalue weighted by molar-refractivity contribution is 7.12. The number of thiophene rings is 1. The molecule has 0 aliphatic carbocycles. The smallest absolute Gasteiger partial charge is 0.308 e. The molecule has 2 heterocycles. The number of rotatable bonds is 5. The fourth-order valence-corrected chi connectivity index (χ4v) is 3.08. The molecule has 5 heteroatoms. The molecule has 1 unspecified atom stereocenters. The number of nitrogens with one attached hydrogen (secondary N) is 1. The van der Waals surface area contributed by atoms with E-state index in [1.54, 1.807) is 11.3 Å². The van der Waals surface area contributed by atoms with Crippen molar-refractivity contribution < 1.29 is 14.6 Å². The van der Waals surface area contributed by atoms with Gasteiger partial charge in [-0.3, -0.25) is 4.79 Å². The molecule has 1 saturated heterocycles. The average molecular weight is 269 g/mol. The minimum atomic E-state index is -0.774. The van der Waals surface area contributed by atoms with E-state index in [0.29, 0.717) is 0 Å². The van der Waals surface area contributed by atoms with E-state index in [9.17, 15) is 4.79 Å². The van der Waals surface area contributed by atoms with Crippen LogP contribution in [0.25, 0.3) is 0 Å². The van der Waals surface area contributed by atoms with Gasteiger partial charge in [0.2, 0.25) is 0 Å². The van der Waals surface area contributed by atoms with Crippen molar-refractivity contribution in [3.63, 3.8) is 0 Å². The first-order chi connectivity index (χ1) is 8.57. The first-order valence-corrected chi connectivity index (χ1v) is 7.01. The second kappa shape index (κ2) is 5.82. The molecule has 0 spiro atoms. The third-order valence-corrected chi connectivity index (χ3v) is 4.26. The lowest BCUT2D eigenvalue weighted by molar-refractivity contribution is -0.136. The quantitative estimate of drug-likeness (QED) is 0.859. The van der Waals surface area contributed by atoms with Crippen LogP contribution in [0.4, 0.5) is 0 Å². The van der Waals surface area contributed by atoms with Crippen molar-refractivity contribution in [2.75, 3.05) is 13.2 Å². The van der Waals surface area contributed by atoms with E-state index in [4.69, 9.17) is 9.84 Å². The van der Waals surface area contributed by atoms with Crippen molar-refractivity contribution in [3.05, 3.63) is 21.9 Å². The number of hydrogen-bond acceptors (Lipinski definition) is 4. The number of carbonyl (C=O) groups is 1. The van der Waals surface area contributed by atoms with Gasteiger partial charge in [0, 0.05) is 28.4 Å². The van der Waals surface area contributed by atoms with E-state index in [0.717, 1.165) is 37.5 Å². The monoisotopic (exact) mass is 269 g/mol. The predicted molar refractivity (Wildman–Crippen MR) is 71.0 cm³/mol. The number of carboxylic acid groups (broad SMARTS) is 1. The van der Waals surface area contributed by atoms with E-state index in [1.165, 1.54) is 4.88 Å². The molecular formula is C13H19NO3S. The fraction of sp³-hybridized carbons (Fsp3) is 0.615. The zero-order valence-electron chi connectivity index (χ0n) is 10.6. The number of hydrogen-bond donors (Lipinski definition) is 2. The largest absolute Gasteiger partial charge is 0.481 e. The van der Waals surface area contributed by atoms with E-state index in [-0.39, 0.29) is 12.0 Å². The highest BCUT2D eigenvalue weighted by atomic mass is 32.1. The molecular weight excluding hydrogens is 250 g/mol. The molecule has 18 heavy (non-hydrogen) atoms. The van der Waals surface area contributed by atoms with Gasteiger partial charge in [-0.15, -0.1) is 11.3 Å². The summed E-state index contributed by atoms with van der Waals surface area (Å²) in [5.74, 6) is -0.774. The zero-order valence-corrected chi connectivity index (χ0v) is 11.4. The molecule has 1 fully saturated rings. The molecule has 0 amide bonds. The van der Waals surface area contributed by atoms with Gasteiger partial charge in [0.15, 0.2) is 0 Å². The van der Waals surface area contributed by atoms with Gasteiger partial charge >= 0.3 is 5.97 Å².